The molecule has 4 aromatic rings. The number of nitrogens with zero attached hydrogens (tertiary/aromatic N) is 4. The van der Waals surface area contributed by atoms with E-state index in [1.165, 1.54) is 12.1 Å². The van der Waals surface area contributed by atoms with Crippen LogP contribution in [0.5, 0.6) is 0 Å². The van der Waals surface area contributed by atoms with Crippen LogP contribution in [-0.2, 0) is 10.0 Å². The van der Waals surface area contributed by atoms with Crippen molar-refractivity contribution in [1.29, 1.82) is 0 Å². The van der Waals surface area contributed by atoms with Gasteiger partial charge in [-0.15, -0.1) is 10.2 Å². The summed E-state index contributed by atoms with van der Waals surface area (Å²) in [5.74, 6) is 0.600. The number of anilines is 2. The Morgan fingerprint density at radius 1 is 1.07 bits per heavy atom. The second kappa shape index (κ2) is 7.02. The van der Waals surface area contributed by atoms with E-state index in [0.29, 0.717) is 39.1 Å². The first-order valence-corrected chi connectivity index (χ1v) is 10.5. The van der Waals surface area contributed by atoms with Crippen molar-refractivity contribution >= 4 is 38.6 Å². The molecule has 0 saturated carbocycles. The van der Waals surface area contributed by atoms with E-state index in [1.54, 1.807) is 35.7 Å². The van der Waals surface area contributed by atoms with Crippen LogP contribution >= 0.6 is 11.6 Å². The topological polar surface area (TPSA) is 115 Å². The highest BCUT2D eigenvalue weighted by Gasteiger charge is 2.17. The maximum atomic E-state index is 12.8. The lowest BCUT2D eigenvalue weighted by molar-refractivity contribution is 0.601. The van der Waals surface area contributed by atoms with Gasteiger partial charge < -0.3 is 5.73 Å². The first kappa shape index (κ1) is 19.2. The first-order chi connectivity index (χ1) is 13.7. The predicted octanol–water partition coefficient (Wildman–Crippen LogP) is 3.44. The lowest BCUT2D eigenvalue weighted by Crippen LogP contribution is -2.14. The number of rotatable bonds is 4. The molecule has 4 rings (SSSR count). The molecule has 2 aromatic heterocycles. The quantitative estimate of drug-likeness (QED) is 0.514. The smallest absolute Gasteiger partial charge is 0.261 e. The van der Waals surface area contributed by atoms with Gasteiger partial charge in [-0.05, 0) is 49.7 Å². The van der Waals surface area contributed by atoms with Crippen LogP contribution in [0.3, 0.4) is 0 Å². The van der Waals surface area contributed by atoms with Crippen molar-refractivity contribution in [1.82, 2.24) is 19.8 Å². The van der Waals surface area contributed by atoms with Gasteiger partial charge >= 0.3 is 0 Å². The van der Waals surface area contributed by atoms with E-state index < -0.39 is 10.0 Å². The van der Waals surface area contributed by atoms with E-state index in [0.717, 1.165) is 5.56 Å². The van der Waals surface area contributed by atoms with Gasteiger partial charge in [0.25, 0.3) is 10.0 Å². The van der Waals surface area contributed by atoms with Crippen molar-refractivity contribution in [2.24, 2.45) is 0 Å². The molecule has 0 aliphatic heterocycles. The Balaban J connectivity index is 1.76. The van der Waals surface area contributed by atoms with Crippen LogP contribution in [0.1, 0.15) is 11.4 Å². The highest BCUT2D eigenvalue weighted by Crippen LogP contribution is 2.28. The number of benzene rings is 2. The number of nitrogens with one attached hydrogen (secondary N) is 1. The van der Waals surface area contributed by atoms with Gasteiger partial charge in [-0.2, -0.15) is 9.61 Å². The van der Waals surface area contributed by atoms with Crippen LogP contribution in [0.25, 0.3) is 16.9 Å². The van der Waals surface area contributed by atoms with Gasteiger partial charge in [-0.1, -0.05) is 29.8 Å². The summed E-state index contributed by atoms with van der Waals surface area (Å²) in [6.45, 7) is 3.59. The molecular weight excluding hydrogens is 412 g/mol. The predicted molar refractivity (Wildman–Crippen MR) is 112 cm³/mol. The van der Waals surface area contributed by atoms with Crippen molar-refractivity contribution in [3.8, 4) is 11.3 Å². The van der Waals surface area contributed by atoms with Gasteiger partial charge in [-0.3, -0.25) is 4.72 Å². The molecule has 10 heteroatoms. The average molecular weight is 429 g/mol. The molecule has 0 bridgehead atoms. The molecule has 0 aliphatic carbocycles. The van der Waals surface area contributed by atoms with E-state index in [4.69, 9.17) is 17.3 Å². The summed E-state index contributed by atoms with van der Waals surface area (Å²) in [5.41, 5.74) is 9.44. The Kier molecular flexibility index (Phi) is 4.64. The largest absolute Gasteiger partial charge is 0.396 e. The highest BCUT2D eigenvalue weighted by molar-refractivity contribution is 7.92. The summed E-state index contributed by atoms with van der Waals surface area (Å²) in [6, 6.07) is 13.1. The zero-order valence-electron chi connectivity index (χ0n) is 15.6. The Labute approximate surface area is 172 Å². The van der Waals surface area contributed by atoms with Crippen LogP contribution in [0, 0.1) is 13.8 Å². The van der Waals surface area contributed by atoms with E-state index in [-0.39, 0.29) is 4.90 Å². The fourth-order valence-electron chi connectivity index (χ4n) is 2.88. The number of sulfonamides is 1. The molecule has 148 valence electrons. The summed E-state index contributed by atoms with van der Waals surface area (Å²) >= 11 is 5.93. The minimum absolute atomic E-state index is 0.0821. The molecule has 0 fully saturated rings. The third-order valence-electron chi connectivity index (χ3n) is 4.44. The van der Waals surface area contributed by atoms with Gasteiger partial charge in [0, 0.05) is 10.6 Å². The zero-order chi connectivity index (χ0) is 20.8. The fraction of sp³-hybridized carbons (Fsp3) is 0.105. The summed E-state index contributed by atoms with van der Waals surface area (Å²) in [6.07, 6.45) is 0. The molecule has 0 radical (unpaired) electrons. The fourth-order valence-corrected chi connectivity index (χ4v) is 4.30. The molecule has 2 aromatic carbocycles. The lowest BCUT2D eigenvalue weighted by atomic mass is 10.1. The van der Waals surface area contributed by atoms with Crippen LogP contribution in [0.15, 0.2) is 53.4 Å². The van der Waals surface area contributed by atoms with Crippen molar-refractivity contribution in [2.75, 3.05) is 10.5 Å². The molecule has 0 unspecified atom stereocenters. The number of nitrogens with two attached hydrogens (primary N) is 1. The van der Waals surface area contributed by atoms with Crippen molar-refractivity contribution in [2.45, 2.75) is 18.7 Å². The standard InChI is InChI=1S/C19H17ClN6O2S/c1-11-6-7-13(18-10-16(21)19-23-22-12(2)26(19)24-18)8-17(11)25-29(27,28)15-5-3-4-14(20)9-15/h3-10,25H,21H2,1-2H3. The monoisotopic (exact) mass is 428 g/mol. The van der Waals surface area contributed by atoms with Crippen LogP contribution < -0.4 is 10.5 Å². The molecule has 0 spiro atoms. The number of aryl methyl sites for hydroxylation is 2. The number of halogens is 1. The Morgan fingerprint density at radius 2 is 1.86 bits per heavy atom. The number of aromatic nitrogens is 4. The van der Waals surface area contributed by atoms with Crippen molar-refractivity contribution in [3.05, 3.63) is 64.9 Å². The molecular formula is C19H17ClN6O2S. The molecule has 0 aliphatic rings. The Morgan fingerprint density at radius 3 is 2.62 bits per heavy atom. The minimum Gasteiger partial charge on any atom is -0.396 e. The summed E-state index contributed by atoms with van der Waals surface area (Å²) < 4.78 is 29.7. The first-order valence-electron chi connectivity index (χ1n) is 8.62. The van der Waals surface area contributed by atoms with Gasteiger partial charge in [0.1, 0.15) is 0 Å². The summed E-state index contributed by atoms with van der Waals surface area (Å²) in [7, 11) is -3.80. The van der Waals surface area contributed by atoms with Gasteiger partial charge in [0.15, 0.2) is 5.82 Å². The zero-order valence-corrected chi connectivity index (χ0v) is 17.2. The number of hydrogen-bond acceptors (Lipinski definition) is 6. The van der Waals surface area contributed by atoms with E-state index >= 15 is 0 Å². The van der Waals surface area contributed by atoms with Crippen molar-refractivity contribution in [3.63, 3.8) is 0 Å². The second-order valence-electron chi connectivity index (χ2n) is 6.56. The third-order valence-corrected chi connectivity index (χ3v) is 6.04. The van der Waals surface area contributed by atoms with E-state index in [1.807, 2.05) is 19.1 Å². The average Bonchev–Trinajstić information content (AvgIpc) is 3.05. The number of hydrogen-bond donors (Lipinski definition) is 2. The van der Waals surface area contributed by atoms with Crippen LogP contribution in [0.2, 0.25) is 5.02 Å². The summed E-state index contributed by atoms with van der Waals surface area (Å²) in [5, 5.41) is 12.8. The maximum Gasteiger partial charge on any atom is 0.261 e. The molecule has 8 nitrogen and oxygen atoms in total. The van der Waals surface area contributed by atoms with Gasteiger partial charge in [-0.25, -0.2) is 8.42 Å². The minimum atomic E-state index is -3.80. The van der Waals surface area contributed by atoms with Gasteiger partial charge in [0.2, 0.25) is 5.65 Å². The molecule has 0 saturated heterocycles. The molecule has 2 heterocycles. The van der Waals surface area contributed by atoms with Crippen molar-refractivity contribution < 1.29 is 8.42 Å². The van der Waals surface area contributed by atoms with Crippen LogP contribution in [-0.4, -0.2) is 28.2 Å². The molecule has 0 amide bonds. The lowest BCUT2D eigenvalue weighted by Gasteiger charge is -2.13. The Bertz CT molecular complexity index is 1350. The molecule has 3 N–H and O–H groups in total. The number of fused-ring (bicyclic) bond motifs is 1. The van der Waals surface area contributed by atoms with Gasteiger partial charge in [0.05, 0.1) is 22.0 Å². The normalized spacial score (nSPS) is 11.7. The third kappa shape index (κ3) is 3.62. The highest BCUT2D eigenvalue weighted by atomic mass is 35.5. The number of nitrogen functional groups attached to an aromatic ring is 1. The second-order valence-corrected chi connectivity index (χ2v) is 8.68. The molecule has 0 atom stereocenters. The van der Waals surface area contributed by atoms with E-state index in [9.17, 15) is 8.42 Å². The van der Waals surface area contributed by atoms with E-state index in [2.05, 4.69) is 20.0 Å². The molecule has 29 heavy (non-hydrogen) atoms. The SMILES string of the molecule is Cc1ccc(-c2cc(N)c3nnc(C)n3n2)cc1NS(=O)(=O)c1cccc(Cl)c1. The maximum absolute atomic E-state index is 12.8. The summed E-state index contributed by atoms with van der Waals surface area (Å²) in [4.78, 5) is 0.0821. The van der Waals surface area contributed by atoms with Crippen LogP contribution in [0.4, 0.5) is 11.4 Å². The Hall–Kier alpha value is -3.17.